The van der Waals surface area contributed by atoms with Crippen LogP contribution >= 0.6 is 0 Å². The molecule has 5 heteroatoms. The molecule has 1 saturated heterocycles. The van der Waals surface area contributed by atoms with Crippen molar-refractivity contribution in [2.75, 3.05) is 19.8 Å². The third-order valence-corrected chi connectivity index (χ3v) is 1.52. The van der Waals surface area contributed by atoms with Crippen molar-refractivity contribution in [3.8, 4) is 0 Å². The van der Waals surface area contributed by atoms with Gasteiger partial charge in [0, 0.05) is 12.6 Å². The Hall–Kier alpha value is -0.290. The summed E-state index contributed by atoms with van der Waals surface area (Å²) >= 11 is 0. The monoisotopic (exact) mass is 169 g/mol. The molecule has 0 amide bonds. The van der Waals surface area contributed by atoms with Crippen LogP contribution in [0.25, 0.3) is 0 Å². The first-order chi connectivity index (χ1) is 5.08. The molecule has 0 radical (unpaired) electrons. The standard InChI is InChI=1S/C6H10F3NO/c7-6(8,9)4-10-5-1-2-11-3-5/h5,10H,1-4H2/t5-/m0/s1. The Balaban J connectivity index is 2.11. The Labute approximate surface area is 62.7 Å². The summed E-state index contributed by atoms with van der Waals surface area (Å²) in [5.41, 5.74) is 0. The second kappa shape index (κ2) is 3.40. The van der Waals surface area contributed by atoms with Gasteiger partial charge in [0.25, 0.3) is 0 Å². The molecule has 1 aliphatic rings. The second-order valence-electron chi connectivity index (χ2n) is 2.56. The highest BCUT2D eigenvalue weighted by Gasteiger charge is 2.28. The van der Waals surface area contributed by atoms with E-state index in [0.29, 0.717) is 19.6 Å². The van der Waals surface area contributed by atoms with Crippen LogP contribution in [0, 0.1) is 0 Å². The minimum atomic E-state index is -4.11. The molecule has 0 aliphatic carbocycles. The van der Waals surface area contributed by atoms with Gasteiger partial charge in [0.1, 0.15) is 0 Å². The zero-order chi connectivity index (χ0) is 8.32. The Morgan fingerprint density at radius 2 is 2.18 bits per heavy atom. The number of hydrogen-bond donors (Lipinski definition) is 1. The maximum atomic E-state index is 11.6. The van der Waals surface area contributed by atoms with Crippen LogP contribution in [0.15, 0.2) is 0 Å². The average Bonchev–Trinajstić information content (AvgIpc) is 2.32. The van der Waals surface area contributed by atoms with Gasteiger partial charge in [-0.3, -0.25) is 0 Å². The van der Waals surface area contributed by atoms with Gasteiger partial charge in [0.05, 0.1) is 13.2 Å². The lowest BCUT2D eigenvalue weighted by Crippen LogP contribution is -2.37. The first kappa shape index (κ1) is 8.80. The Morgan fingerprint density at radius 3 is 2.64 bits per heavy atom. The molecule has 0 spiro atoms. The fourth-order valence-corrected chi connectivity index (χ4v) is 0.956. The summed E-state index contributed by atoms with van der Waals surface area (Å²) in [6.45, 7) is 0.0482. The summed E-state index contributed by atoms with van der Waals surface area (Å²) < 4.78 is 39.7. The predicted octanol–water partition coefficient (Wildman–Crippen LogP) is 0.927. The molecule has 0 saturated carbocycles. The molecule has 1 aliphatic heterocycles. The molecule has 0 unspecified atom stereocenters. The van der Waals surface area contributed by atoms with E-state index in [9.17, 15) is 13.2 Å². The van der Waals surface area contributed by atoms with E-state index in [4.69, 9.17) is 4.74 Å². The Bertz CT molecular complexity index is 119. The molecule has 0 aromatic rings. The average molecular weight is 169 g/mol. The van der Waals surface area contributed by atoms with Crippen LogP contribution in [-0.4, -0.2) is 32.0 Å². The van der Waals surface area contributed by atoms with E-state index in [0.717, 1.165) is 0 Å². The van der Waals surface area contributed by atoms with Gasteiger partial charge in [0.15, 0.2) is 0 Å². The zero-order valence-electron chi connectivity index (χ0n) is 5.95. The fraction of sp³-hybridized carbons (Fsp3) is 1.00. The lowest BCUT2D eigenvalue weighted by molar-refractivity contribution is -0.126. The molecule has 0 aromatic heterocycles. The van der Waals surface area contributed by atoms with E-state index in [2.05, 4.69) is 5.32 Å². The van der Waals surface area contributed by atoms with Crippen molar-refractivity contribution >= 4 is 0 Å². The predicted molar refractivity (Wildman–Crippen MR) is 33.3 cm³/mol. The van der Waals surface area contributed by atoms with E-state index < -0.39 is 12.7 Å². The largest absolute Gasteiger partial charge is 0.401 e. The smallest absolute Gasteiger partial charge is 0.380 e. The molecule has 66 valence electrons. The summed E-state index contributed by atoms with van der Waals surface area (Å²) in [4.78, 5) is 0. The summed E-state index contributed by atoms with van der Waals surface area (Å²) in [7, 11) is 0. The van der Waals surface area contributed by atoms with Gasteiger partial charge < -0.3 is 10.1 Å². The molecule has 0 aromatic carbocycles. The number of ether oxygens (including phenoxy) is 1. The van der Waals surface area contributed by atoms with Crippen LogP contribution in [0.4, 0.5) is 13.2 Å². The van der Waals surface area contributed by atoms with E-state index >= 15 is 0 Å². The van der Waals surface area contributed by atoms with E-state index in [-0.39, 0.29) is 6.04 Å². The SMILES string of the molecule is FC(F)(F)CN[C@H]1CCOC1. The van der Waals surface area contributed by atoms with Crippen LogP contribution in [0.3, 0.4) is 0 Å². The molecular weight excluding hydrogens is 159 g/mol. The zero-order valence-corrected chi connectivity index (χ0v) is 5.95. The molecule has 1 heterocycles. The number of halogens is 3. The molecular formula is C6H10F3NO. The van der Waals surface area contributed by atoms with Crippen LogP contribution in [0.5, 0.6) is 0 Å². The maximum absolute atomic E-state index is 11.6. The summed E-state index contributed by atoms with van der Waals surface area (Å²) in [6.07, 6.45) is -3.43. The molecule has 1 atom stereocenters. The quantitative estimate of drug-likeness (QED) is 0.663. The molecule has 2 nitrogen and oxygen atoms in total. The summed E-state index contributed by atoms with van der Waals surface area (Å²) in [5.74, 6) is 0. The number of rotatable bonds is 2. The minimum Gasteiger partial charge on any atom is -0.380 e. The lowest BCUT2D eigenvalue weighted by atomic mass is 10.2. The first-order valence-electron chi connectivity index (χ1n) is 3.46. The van der Waals surface area contributed by atoms with Gasteiger partial charge in [-0.15, -0.1) is 0 Å². The topological polar surface area (TPSA) is 21.3 Å². The Morgan fingerprint density at radius 1 is 1.45 bits per heavy atom. The van der Waals surface area contributed by atoms with Crippen LogP contribution in [0.1, 0.15) is 6.42 Å². The van der Waals surface area contributed by atoms with Crippen LogP contribution < -0.4 is 5.32 Å². The van der Waals surface area contributed by atoms with Crippen LogP contribution in [-0.2, 0) is 4.74 Å². The maximum Gasteiger partial charge on any atom is 0.401 e. The summed E-state index contributed by atoms with van der Waals surface area (Å²) in [5, 5.41) is 2.37. The van der Waals surface area contributed by atoms with E-state index in [1.807, 2.05) is 0 Å². The van der Waals surface area contributed by atoms with Crippen molar-refractivity contribution in [2.24, 2.45) is 0 Å². The number of alkyl halides is 3. The molecule has 11 heavy (non-hydrogen) atoms. The third-order valence-electron chi connectivity index (χ3n) is 1.52. The van der Waals surface area contributed by atoms with Crippen molar-refractivity contribution in [2.45, 2.75) is 18.6 Å². The van der Waals surface area contributed by atoms with Crippen LogP contribution in [0.2, 0.25) is 0 Å². The highest BCUT2D eigenvalue weighted by molar-refractivity contribution is 4.72. The van der Waals surface area contributed by atoms with Gasteiger partial charge in [0.2, 0.25) is 0 Å². The van der Waals surface area contributed by atoms with Crippen molar-refractivity contribution in [3.63, 3.8) is 0 Å². The highest BCUT2D eigenvalue weighted by atomic mass is 19.4. The van der Waals surface area contributed by atoms with E-state index in [1.165, 1.54) is 0 Å². The second-order valence-corrected chi connectivity index (χ2v) is 2.56. The number of nitrogens with one attached hydrogen (secondary N) is 1. The van der Waals surface area contributed by atoms with Gasteiger partial charge >= 0.3 is 6.18 Å². The van der Waals surface area contributed by atoms with Gasteiger partial charge in [-0.2, -0.15) is 13.2 Å². The van der Waals surface area contributed by atoms with E-state index in [1.54, 1.807) is 0 Å². The van der Waals surface area contributed by atoms with Crippen molar-refractivity contribution in [3.05, 3.63) is 0 Å². The Kier molecular flexibility index (Phi) is 2.72. The minimum absolute atomic E-state index is 0.114. The number of hydrogen-bond acceptors (Lipinski definition) is 2. The van der Waals surface area contributed by atoms with Crippen molar-refractivity contribution in [1.82, 2.24) is 5.32 Å². The van der Waals surface area contributed by atoms with Gasteiger partial charge in [-0.25, -0.2) is 0 Å². The molecule has 0 bridgehead atoms. The lowest BCUT2D eigenvalue weighted by Gasteiger charge is -2.11. The first-order valence-corrected chi connectivity index (χ1v) is 3.46. The molecule has 1 N–H and O–H groups in total. The van der Waals surface area contributed by atoms with Gasteiger partial charge in [-0.1, -0.05) is 0 Å². The van der Waals surface area contributed by atoms with Crippen molar-refractivity contribution < 1.29 is 17.9 Å². The highest BCUT2D eigenvalue weighted by Crippen LogP contribution is 2.13. The normalized spacial score (nSPS) is 25.9. The van der Waals surface area contributed by atoms with Gasteiger partial charge in [-0.05, 0) is 6.42 Å². The third kappa shape index (κ3) is 3.57. The molecule has 1 fully saturated rings. The molecule has 1 rings (SSSR count). The summed E-state index contributed by atoms with van der Waals surface area (Å²) in [6, 6.07) is -0.114. The van der Waals surface area contributed by atoms with Crippen molar-refractivity contribution in [1.29, 1.82) is 0 Å². The fourth-order valence-electron chi connectivity index (χ4n) is 0.956.